The van der Waals surface area contributed by atoms with Crippen LogP contribution in [0.25, 0.3) is 0 Å². The topological polar surface area (TPSA) is 108 Å². The van der Waals surface area contributed by atoms with Crippen molar-refractivity contribution in [1.29, 1.82) is 0 Å². The molecule has 3 saturated heterocycles. The van der Waals surface area contributed by atoms with E-state index in [-0.39, 0.29) is 46.9 Å². The van der Waals surface area contributed by atoms with Crippen molar-refractivity contribution in [2.45, 2.75) is 77.8 Å². The van der Waals surface area contributed by atoms with Crippen LogP contribution in [0.1, 0.15) is 81.1 Å². The number of hydrogen-bond acceptors (Lipinski definition) is 5. The van der Waals surface area contributed by atoms with Crippen molar-refractivity contribution in [1.82, 2.24) is 29.8 Å². The second kappa shape index (κ2) is 12.2. The van der Waals surface area contributed by atoms with Gasteiger partial charge < -0.3 is 20.0 Å². The van der Waals surface area contributed by atoms with E-state index in [0.717, 1.165) is 50.5 Å². The number of likely N-dealkylation sites (tertiary alicyclic amines) is 3. The third-order valence-corrected chi connectivity index (χ3v) is 11.5. The molecule has 10 heteroatoms. The number of nitrogens with one attached hydrogen (secondary N) is 1. The maximum Gasteiger partial charge on any atom is 0.257 e. The highest BCUT2D eigenvalue weighted by Crippen LogP contribution is 2.55. The molecule has 10 nitrogen and oxygen atoms in total. The fraction of sp³-hybridized carbons (Fsp3) is 0.639. The lowest BCUT2D eigenvalue weighted by Gasteiger charge is -2.51. The molecule has 1 N–H and O–H groups in total. The van der Waals surface area contributed by atoms with Crippen LogP contribution < -0.4 is 5.32 Å². The number of rotatable bonds is 7. The molecule has 5 aliphatic rings. The van der Waals surface area contributed by atoms with Crippen LogP contribution in [-0.2, 0) is 20.9 Å². The van der Waals surface area contributed by atoms with Crippen LogP contribution in [-0.4, -0.2) is 93.4 Å². The van der Waals surface area contributed by atoms with Crippen molar-refractivity contribution in [3.05, 3.63) is 53.9 Å². The van der Waals surface area contributed by atoms with E-state index in [1.807, 2.05) is 40.1 Å². The fourth-order valence-corrected chi connectivity index (χ4v) is 8.45. The summed E-state index contributed by atoms with van der Waals surface area (Å²) in [7, 11) is 0. The summed E-state index contributed by atoms with van der Waals surface area (Å²) in [6, 6.07) is 10.2. The standard InChI is InChI=1S/C36H48N6O4/c1-35(2)16-29(35)33(45)41-23-36(24-41)22-40(32(44)27-17-37-42(20-27)18-25-10-5-3-6-11-25)21-30(36)34(46)39-15-9-12-26(19-39)31(43)38-28-13-7-4-8-14-28/h3,5-6,10-11,17,20,26,28-30H,4,7-9,12-16,18-19,21-24H2,1-2H3,(H,38,43)/t26-,29-,30+/m1/s1. The molecule has 3 atom stereocenters. The van der Waals surface area contributed by atoms with Crippen LogP contribution in [0.5, 0.6) is 0 Å². The van der Waals surface area contributed by atoms with Gasteiger partial charge in [-0.2, -0.15) is 5.10 Å². The van der Waals surface area contributed by atoms with E-state index in [4.69, 9.17) is 0 Å². The molecule has 4 heterocycles. The Bertz CT molecular complexity index is 1470. The second-order valence-corrected chi connectivity index (χ2v) is 15.4. The highest BCUT2D eigenvalue weighted by atomic mass is 16.2. The summed E-state index contributed by atoms with van der Waals surface area (Å²) in [4.78, 5) is 60.3. The minimum Gasteiger partial charge on any atom is -0.353 e. The Morgan fingerprint density at radius 2 is 1.54 bits per heavy atom. The Morgan fingerprint density at radius 1 is 0.848 bits per heavy atom. The van der Waals surface area contributed by atoms with Crippen molar-refractivity contribution in [2.24, 2.45) is 28.6 Å². The van der Waals surface area contributed by atoms with Crippen molar-refractivity contribution >= 4 is 23.6 Å². The number of benzene rings is 1. The Labute approximate surface area is 271 Å². The number of hydrogen-bond donors (Lipinski definition) is 1. The van der Waals surface area contributed by atoms with Gasteiger partial charge >= 0.3 is 0 Å². The molecule has 0 unspecified atom stereocenters. The summed E-state index contributed by atoms with van der Waals surface area (Å²) in [6.45, 7) is 7.60. The molecule has 46 heavy (non-hydrogen) atoms. The predicted octanol–water partition coefficient (Wildman–Crippen LogP) is 3.57. The molecule has 2 aromatic rings. The third kappa shape index (κ3) is 6.07. The van der Waals surface area contributed by atoms with Gasteiger partial charge in [0.1, 0.15) is 0 Å². The van der Waals surface area contributed by atoms with Crippen molar-refractivity contribution in [2.75, 3.05) is 39.3 Å². The Balaban J connectivity index is 1.05. The number of aromatic nitrogens is 2. The average molecular weight is 629 g/mol. The Morgan fingerprint density at radius 3 is 2.26 bits per heavy atom. The van der Waals surface area contributed by atoms with Gasteiger partial charge in [0, 0.05) is 62.8 Å². The molecule has 0 radical (unpaired) electrons. The molecule has 1 aromatic heterocycles. The van der Waals surface area contributed by atoms with Gasteiger partial charge in [-0.25, -0.2) is 0 Å². The molecule has 0 bridgehead atoms. The van der Waals surface area contributed by atoms with Crippen molar-refractivity contribution < 1.29 is 19.2 Å². The average Bonchev–Trinajstić information content (AvgIpc) is 3.36. The molecule has 246 valence electrons. The monoisotopic (exact) mass is 628 g/mol. The first-order valence-corrected chi connectivity index (χ1v) is 17.4. The quantitative estimate of drug-likeness (QED) is 0.505. The predicted molar refractivity (Wildman–Crippen MR) is 172 cm³/mol. The van der Waals surface area contributed by atoms with Gasteiger partial charge in [0.15, 0.2) is 0 Å². The van der Waals surface area contributed by atoms with Crippen molar-refractivity contribution in [3.8, 4) is 0 Å². The van der Waals surface area contributed by atoms with Gasteiger partial charge in [0.05, 0.1) is 30.1 Å². The second-order valence-electron chi connectivity index (χ2n) is 15.4. The van der Waals surface area contributed by atoms with Gasteiger partial charge in [0.25, 0.3) is 5.91 Å². The summed E-state index contributed by atoms with van der Waals surface area (Å²) in [5, 5.41) is 7.72. The van der Waals surface area contributed by atoms with Crippen LogP contribution in [0.2, 0.25) is 0 Å². The van der Waals surface area contributed by atoms with E-state index in [1.54, 1.807) is 22.0 Å². The highest BCUT2D eigenvalue weighted by Gasteiger charge is 2.62. The zero-order valence-corrected chi connectivity index (χ0v) is 27.3. The molecule has 2 aliphatic carbocycles. The number of piperidine rings is 1. The SMILES string of the molecule is CC1(C)C[C@@H]1C(=O)N1CC2(CN(C(=O)c3cnn(Cc4ccccc4)c3)C[C@H]2C(=O)N2CCC[C@@H](C(=O)NC3CCCCC3)C2)C1. The molecule has 4 amide bonds. The molecular weight excluding hydrogens is 580 g/mol. The minimum absolute atomic E-state index is 0.0177. The lowest BCUT2D eigenvalue weighted by Crippen LogP contribution is -2.65. The van der Waals surface area contributed by atoms with Gasteiger partial charge in [-0.15, -0.1) is 0 Å². The molecule has 1 aromatic carbocycles. The van der Waals surface area contributed by atoms with Gasteiger partial charge in [-0.3, -0.25) is 23.9 Å². The number of amides is 4. The maximum absolute atomic E-state index is 14.3. The zero-order chi connectivity index (χ0) is 32.1. The largest absolute Gasteiger partial charge is 0.353 e. The number of carbonyl (C=O) groups is 4. The van der Waals surface area contributed by atoms with Gasteiger partial charge in [-0.1, -0.05) is 63.4 Å². The van der Waals surface area contributed by atoms with E-state index in [2.05, 4.69) is 24.3 Å². The van der Waals surface area contributed by atoms with E-state index in [9.17, 15) is 19.2 Å². The Kier molecular flexibility index (Phi) is 8.18. The Hall–Kier alpha value is -3.69. The summed E-state index contributed by atoms with van der Waals surface area (Å²) >= 11 is 0. The molecule has 2 saturated carbocycles. The lowest BCUT2D eigenvalue weighted by molar-refractivity contribution is -0.156. The number of carbonyl (C=O) groups excluding carboxylic acids is 4. The third-order valence-electron chi connectivity index (χ3n) is 11.5. The maximum atomic E-state index is 14.3. The van der Waals surface area contributed by atoms with E-state index in [0.29, 0.717) is 51.4 Å². The van der Waals surface area contributed by atoms with Crippen LogP contribution in [0.4, 0.5) is 0 Å². The first-order chi connectivity index (χ1) is 22.1. The number of nitrogens with zero attached hydrogens (tertiary/aromatic N) is 5. The first-order valence-electron chi connectivity index (χ1n) is 17.4. The molecule has 1 spiro atoms. The van der Waals surface area contributed by atoms with Gasteiger partial charge in [0.2, 0.25) is 17.7 Å². The highest BCUT2D eigenvalue weighted by molar-refractivity contribution is 5.95. The molecule has 7 rings (SSSR count). The van der Waals surface area contributed by atoms with E-state index in [1.165, 1.54) is 6.42 Å². The smallest absolute Gasteiger partial charge is 0.257 e. The summed E-state index contributed by atoms with van der Waals surface area (Å²) in [6.07, 6.45) is 11.5. The minimum atomic E-state index is -0.473. The van der Waals surface area contributed by atoms with E-state index >= 15 is 0 Å². The first kappa shape index (κ1) is 30.9. The van der Waals surface area contributed by atoms with Crippen LogP contribution in [0, 0.1) is 28.6 Å². The normalized spacial score (nSPS) is 26.9. The van der Waals surface area contributed by atoms with Crippen LogP contribution in [0.3, 0.4) is 0 Å². The summed E-state index contributed by atoms with van der Waals surface area (Å²) in [5.41, 5.74) is 1.16. The summed E-state index contributed by atoms with van der Waals surface area (Å²) < 4.78 is 1.77. The van der Waals surface area contributed by atoms with Crippen LogP contribution in [0.15, 0.2) is 42.7 Å². The van der Waals surface area contributed by atoms with Crippen LogP contribution >= 0.6 is 0 Å². The summed E-state index contributed by atoms with van der Waals surface area (Å²) in [5.74, 6) is -0.448. The molecular formula is C36H48N6O4. The fourth-order valence-electron chi connectivity index (χ4n) is 8.45. The van der Waals surface area contributed by atoms with E-state index < -0.39 is 11.3 Å². The van der Waals surface area contributed by atoms with Crippen molar-refractivity contribution in [3.63, 3.8) is 0 Å². The zero-order valence-electron chi connectivity index (χ0n) is 27.3. The van der Waals surface area contributed by atoms with Gasteiger partial charge in [-0.05, 0) is 43.1 Å². The molecule has 5 fully saturated rings. The molecule has 3 aliphatic heterocycles. The lowest BCUT2D eigenvalue weighted by atomic mass is 9.70.